The quantitative estimate of drug-likeness (QED) is 0.440. The molecule has 33 heavy (non-hydrogen) atoms. The highest BCUT2D eigenvalue weighted by atomic mass is 32.1. The molecule has 2 aromatic carbocycles. The van der Waals surface area contributed by atoms with Crippen LogP contribution in [0.25, 0.3) is 16.0 Å². The fourth-order valence-electron chi connectivity index (χ4n) is 4.45. The fourth-order valence-corrected chi connectivity index (χ4v) is 5.47. The normalized spacial score (nSPS) is 16.4. The number of anilines is 2. The summed E-state index contributed by atoms with van der Waals surface area (Å²) in [5.74, 6) is -0.357. The number of nitrogens with zero attached hydrogens (tertiary/aromatic N) is 4. The van der Waals surface area contributed by atoms with E-state index in [1.807, 2.05) is 45.0 Å². The predicted molar refractivity (Wildman–Crippen MR) is 131 cm³/mol. The summed E-state index contributed by atoms with van der Waals surface area (Å²) in [4.78, 5) is 20.1. The molecule has 170 valence electrons. The fraction of sp³-hybridized carbons (Fsp3) is 0.320. The minimum Gasteiger partial charge on any atom is -0.347 e. The lowest BCUT2D eigenvalue weighted by molar-refractivity contribution is -0.120. The highest BCUT2D eigenvalue weighted by molar-refractivity contribution is 7.22. The number of thiazole rings is 1. The van der Waals surface area contributed by atoms with Gasteiger partial charge in [-0.2, -0.15) is 10.1 Å². The molecule has 8 heteroatoms. The van der Waals surface area contributed by atoms with Crippen molar-refractivity contribution in [2.24, 2.45) is 5.92 Å². The molecule has 1 aliphatic heterocycles. The highest BCUT2D eigenvalue weighted by Gasteiger charge is 2.29. The van der Waals surface area contributed by atoms with Crippen LogP contribution in [0.2, 0.25) is 0 Å². The van der Waals surface area contributed by atoms with Gasteiger partial charge < -0.3 is 10.2 Å². The van der Waals surface area contributed by atoms with Crippen molar-refractivity contribution in [1.29, 1.82) is 0 Å². The molecule has 0 radical (unpaired) electrons. The third-order valence-electron chi connectivity index (χ3n) is 6.22. The van der Waals surface area contributed by atoms with Gasteiger partial charge in [0.05, 0.1) is 22.0 Å². The topological polar surface area (TPSA) is 63.1 Å². The van der Waals surface area contributed by atoms with Crippen molar-refractivity contribution in [2.75, 3.05) is 23.3 Å². The van der Waals surface area contributed by atoms with Crippen LogP contribution in [0.3, 0.4) is 0 Å². The maximum Gasteiger partial charge on any atom is 0.229 e. The average Bonchev–Trinajstić information content (AvgIpc) is 3.37. The van der Waals surface area contributed by atoms with Gasteiger partial charge in [-0.15, -0.1) is 0 Å². The molecule has 1 saturated heterocycles. The molecule has 0 spiro atoms. The number of hydrogen-bond donors (Lipinski definition) is 1. The van der Waals surface area contributed by atoms with E-state index in [1.165, 1.54) is 12.1 Å². The first-order valence-electron chi connectivity index (χ1n) is 11.1. The van der Waals surface area contributed by atoms with Gasteiger partial charge in [0.15, 0.2) is 10.8 Å². The summed E-state index contributed by atoms with van der Waals surface area (Å²) < 4.78 is 16.5. The summed E-state index contributed by atoms with van der Waals surface area (Å²) in [5, 5.41) is 8.60. The second-order valence-electron chi connectivity index (χ2n) is 8.67. The molecule has 5 rings (SSSR count). The van der Waals surface area contributed by atoms with Crippen molar-refractivity contribution in [3.05, 3.63) is 65.1 Å². The number of fused-ring (bicyclic) bond motifs is 1. The first-order chi connectivity index (χ1) is 15.9. The van der Waals surface area contributed by atoms with E-state index in [-0.39, 0.29) is 17.6 Å². The van der Waals surface area contributed by atoms with E-state index in [9.17, 15) is 9.18 Å². The second-order valence-corrected chi connectivity index (χ2v) is 9.65. The van der Waals surface area contributed by atoms with Gasteiger partial charge in [-0.1, -0.05) is 35.6 Å². The summed E-state index contributed by atoms with van der Waals surface area (Å²) in [6.07, 6.45) is 1.78. The molecular formula is C25H26FN5OS. The zero-order chi connectivity index (χ0) is 23.1. The number of nitrogens with one attached hydrogen (secondary N) is 1. The molecule has 0 bridgehead atoms. The smallest absolute Gasteiger partial charge is 0.229 e. The van der Waals surface area contributed by atoms with E-state index in [1.54, 1.807) is 22.1 Å². The Morgan fingerprint density at radius 3 is 2.67 bits per heavy atom. The highest BCUT2D eigenvalue weighted by Crippen LogP contribution is 2.35. The van der Waals surface area contributed by atoms with E-state index in [0.717, 1.165) is 57.4 Å². The lowest BCUT2D eigenvalue weighted by Gasteiger charge is -2.32. The van der Waals surface area contributed by atoms with Gasteiger partial charge in [-0.3, -0.25) is 4.79 Å². The second kappa shape index (κ2) is 8.59. The monoisotopic (exact) mass is 463 g/mol. The number of rotatable bonds is 4. The van der Waals surface area contributed by atoms with Crippen molar-refractivity contribution in [1.82, 2.24) is 14.8 Å². The van der Waals surface area contributed by atoms with Gasteiger partial charge in [0.25, 0.3) is 0 Å². The zero-order valence-electron chi connectivity index (χ0n) is 18.9. The maximum atomic E-state index is 13.8. The largest absolute Gasteiger partial charge is 0.347 e. The van der Waals surface area contributed by atoms with Crippen LogP contribution in [0.1, 0.15) is 29.7 Å². The first-order valence-corrected chi connectivity index (χ1v) is 12.0. The van der Waals surface area contributed by atoms with Gasteiger partial charge in [-0.05, 0) is 62.9 Å². The summed E-state index contributed by atoms with van der Waals surface area (Å²) in [6, 6.07) is 12.4. The van der Waals surface area contributed by atoms with Crippen molar-refractivity contribution in [3.8, 4) is 5.69 Å². The van der Waals surface area contributed by atoms with E-state index in [4.69, 9.17) is 4.98 Å². The number of para-hydroxylation sites is 1. The molecule has 0 saturated carbocycles. The number of benzene rings is 2. The molecule has 1 N–H and O–H groups in total. The first kappa shape index (κ1) is 21.6. The van der Waals surface area contributed by atoms with Crippen LogP contribution in [-0.4, -0.2) is 33.8 Å². The molecule has 0 aliphatic carbocycles. The van der Waals surface area contributed by atoms with E-state index in [0.29, 0.717) is 12.2 Å². The van der Waals surface area contributed by atoms with Crippen LogP contribution in [0.15, 0.2) is 42.5 Å². The lowest BCUT2D eigenvalue weighted by Crippen LogP contribution is -2.40. The lowest BCUT2D eigenvalue weighted by atomic mass is 9.97. The Balaban J connectivity index is 1.39. The molecule has 0 unspecified atom stereocenters. The predicted octanol–water partition coefficient (Wildman–Crippen LogP) is 5.40. The molecule has 2 aromatic heterocycles. The average molecular weight is 464 g/mol. The molecule has 1 atom stereocenters. The Morgan fingerprint density at radius 2 is 1.91 bits per heavy atom. The Labute approximate surface area is 196 Å². The van der Waals surface area contributed by atoms with Crippen LogP contribution in [0.5, 0.6) is 0 Å². The SMILES string of the molecule is Cc1cccc(C)c1NC(=O)[C@H]1CCCN(c2nc3c(s2)c(C)nn3-c2cccc(F)c2)C1. The number of piperidine rings is 1. The Hall–Kier alpha value is -3.26. The minimum atomic E-state index is -0.307. The molecule has 6 nitrogen and oxygen atoms in total. The number of aromatic nitrogens is 3. The maximum absolute atomic E-state index is 13.8. The van der Waals surface area contributed by atoms with Crippen molar-refractivity contribution < 1.29 is 9.18 Å². The summed E-state index contributed by atoms with van der Waals surface area (Å²) >= 11 is 1.58. The Bertz CT molecular complexity index is 1320. The zero-order valence-corrected chi connectivity index (χ0v) is 19.7. The standard InChI is InChI=1S/C25H26FN5OS/c1-15-7-4-8-16(2)21(15)27-24(32)18-9-6-12-30(14-18)25-28-23-22(33-25)17(3)29-31(23)20-11-5-10-19(26)13-20/h4-5,7-8,10-11,13,18H,6,9,12,14H2,1-3H3,(H,27,32)/t18-/m0/s1. The molecular weight excluding hydrogens is 437 g/mol. The number of halogens is 1. The van der Waals surface area contributed by atoms with E-state index >= 15 is 0 Å². The Kier molecular flexibility index (Phi) is 5.62. The summed E-state index contributed by atoms with van der Waals surface area (Å²) in [7, 11) is 0. The molecule has 1 amide bonds. The van der Waals surface area contributed by atoms with Gasteiger partial charge in [-0.25, -0.2) is 9.07 Å². The van der Waals surface area contributed by atoms with Crippen LogP contribution >= 0.6 is 11.3 Å². The van der Waals surface area contributed by atoms with Gasteiger partial charge in [0.2, 0.25) is 5.91 Å². The Morgan fingerprint density at radius 1 is 1.15 bits per heavy atom. The number of carbonyl (C=O) groups excluding carboxylic acids is 1. The molecule has 1 fully saturated rings. The third kappa shape index (κ3) is 4.11. The number of hydrogen-bond acceptors (Lipinski definition) is 5. The van der Waals surface area contributed by atoms with E-state index in [2.05, 4.69) is 15.3 Å². The minimum absolute atomic E-state index is 0.0559. The van der Waals surface area contributed by atoms with Crippen LogP contribution in [0.4, 0.5) is 15.2 Å². The van der Waals surface area contributed by atoms with Crippen molar-refractivity contribution in [3.63, 3.8) is 0 Å². The van der Waals surface area contributed by atoms with E-state index < -0.39 is 0 Å². The van der Waals surface area contributed by atoms with Gasteiger partial charge in [0.1, 0.15) is 5.82 Å². The summed E-state index contributed by atoms with van der Waals surface area (Å²) in [5.41, 5.74) is 5.28. The molecule has 3 heterocycles. The van der Waals surface area contributed by atoms with Crippen LogP contribution in [-0.2, 0) is 4.79 Å². The number of amides is 1. The molecule has 1 aliphatic rings. The van der Waals surface area contributed by atoms with Crippen LogP contribution < -0.4 is 10.2 Å². The molecule has 4 aromatic rings. The van der Waals surface area contributed by atoms with Crippen LogP contribution in [0, 0.1) is 32.5 Å². The van der Waals surface area contributed by atoms with Gasteiger partial charge >= 0.3 is 0 Å². The number of carbonyl (C=O) groups is 1. The summed E-state index contributed by atoms with van der Waals surface area (Å²) in [6.45, 7) is 7.45. The van der Waals surface area contributed by atoms with Gasteiger partial charge in [0, 0.05) is 18.8 Å². The number of aryl methyl sites for hydroxylation is 3. The van der Waals surface area contributed by atoms with Crippen molar-refractivity contribution in [2.45, 2.75) is 33.6 Å². The van der Waals surface area contributed by atoms with Crippen molar-refractivity contribution >= 4 is 38.4 Å². The third-order valence-corrected chi connectivity index (χ3v) is 7.44.